The number of unbranched alkanes of at least 4 members (excludes halogenated alkanes) is 3. The maximum atomic E-state index is 9.44. The minimum atomic E-state index is 0.167. The van der Waals surface area contributed by atoms with Crippen molar-refractivity contribution in [2.45, 2.75) is 92.4 Å². The van der Waals surface area contributed by atoms with Gasteiger partial charge in [0.2, 0.25) is 0 Å². The van der Waals surface area contributed by atoms with Crippen LogP contribution in [0.3, 0.4) is 0 Å². The Balaban J connectivity index is 0. The average molecular weight is 242 g/mol. The quantitative estimate of drug-likeness (QED) is 0.574. The van der Waals surface area contributed by atoms with Gasteiger partial charge in [-0.15, -0.1) is 0 Å². The summed E-state index contributed by atoms with van der Waals surface area (Å²) in [4.78, 5) is 9.44. The topological polar surface area (TPSA) is 17.1 Å². The number of Topliss-reactive ketones (excluding diaryl/α,β-unsaturated/α-hetero) is 1. The van der Waals surface area contributed by atoms with Crippen LogP contribution < -0.4 is 0 Å². The van der Waals surface area contributed by atoms with Gasteiger partial charge in [-0.2, -0.15) is 0 Å². The van der Waals surface area contributed by atoms with E-state index in [2.05, 4.69) is 20.8 Å². The van der Waals surface area contributed by atoms with Gasteiger partial charge in [0.25, 0.3) is 0 Å². The van der Waals surface area contributed by atoms with Crippen molar-refractivity contribution in [3.05, 3.63) is 0 Å². The fourth-order valence-electron chi connectivity index (χ4n) is 1.81. The fraction of sp³-hybridized carbons (Fsp3) is 0.938. The maximum absolute atomic E-state index is 9.44. The molecule has 0 aliphatic heterocycles. The van der Waals surface area contributed by atoms with Crippen molar-refractivity contribution in [1.82, 2.24) is 0 Å². The molecule has 0 aromatic carbocycles. The molecule has 0 aromatic rings. The highest BCUT2D eigenvalue weighted by molar-refractivity contribution is 5.72. The van der Waals surface area contributed by atoms with Crippen LogP contribution in [0, 0.1) is 5.92 Å². The summed E-state index contributed by atoms with van der Waals surface area (Å²) in [6.45, 7) is 9.88. The molecule has 0 saturated heterocycles. The highest BCUT2D eigenvalue weighted by atomic mass is 16.1. The van der Waals surface area contributed by atoms with E-state index in [0.29, 0.717) is 0 Å². The molecule has 0 heterocycles. The van der Waals surface area contributed by atoms with Crippen molar-refractivity contribution in [2.75, 3.05) is 0 Å². The van der Waals surface area contributed by atoms with Crippen molar-refractivity contribution in [3.8, 4) is 0 Å². The molecule has 0 unspecified atom stereocenters. The van der Waals surface area contributed by atoms with Crippen LogP contribution in [0.25, 0.3) is 0 Å². The van der Waals surface area contributed by atoms with Gasteiger partial charge < -0.3 is 4.79 Å². The lowest BCUT2D eigenvalue weighted by Gasteiger charge is -2.15. The Morgan fingerprint density at radius 2 is 1.29 bits per heavy atom. The Kier molecular flexibility index (Phi) is 17.5. The Labute approximate surface area is 109 Å². The molecular formula is C16H34O. The van der Waals surface area contributed by atoms with Gasteiger partial charge in [0.15, 0.2) is 0 Å². The van der Waals surface area contributed by atoms with Crippen LogP contribution in [0.2, 0.25) is 0 Å². The molecule has 0 spiro atoms. The van der Waals surface area contributed by atoms with Crippen LogP contribution in [-0.4, -0.2) is 5.78 Å². The standard InChI is InChI=1S/C7H14.C6H14.C3H6O/c1-7-5-3-2-4-6-7;1-3-5-6-4-2;1-3(2)4/h7H,2-6H2,1H3;3-6H2,1-2H3;1-2H3. The van der Waals surface area contributed by atoms with Gasteiger partial charge in [0.05, 0.1) is 0 Å². The normalized spacial score (nSPS) is 15.1. The van der Waals surface area contributed by atoms with Crippen molar-refractivity contribution < 1.29 is 4.79 Å². The lowest BCUT2D eigenvalue weighted by molar-refractivity contribution is -0.114. The first kappa shape index (κ1) is 19.0. The molecule has 0 atom stereocenters. The van der Waals surface area contributed by atoms with E-state index in [0.717, 1.165) is 5.92 Å². The second-order valence-electron chi connectivity index (χ2n) is 5.36. The third-order valence-electron chi connectivity index (χ3n) is 2.85. The van der Waals surface area contributed by atoms with Crippen molar-refractivity contribution in [2.24, 2.45) is 5.92 Å². The van der Waals surface area contributed by atoms with Gasteiger partial charge in [0.1, 0.15) is 5.78 Å². The summed E-state index contributed by atoms with van der Waals surface area (Å²) in [7, 11) is 0. The number of rotatable bonds is 3. The van der Waals surface area contributed by atoms with Crippen LogP contribution in [0.4, 0.5) is 0 Å². The third-order valence-corrected chi connectivity index (χ3v) is 2.85. The minimum absolute atomic E-state index is 0.167. The number of hydrogen-bond acceptors (Lipinski definition) is 1. The highest BCUT2D eigenvalue weighted by Gasteiger charge is 2.05. The van der Waals surface area contributed by atoms with E-state index < -0.39 is 0 Å². The van der Waals surface area contributed by atoms with E-state index in [1.807, 2.05) is 0 Å². The number of ketones is 1. The van der Waals surface area contributed by atoms with Gasteiger partial charge in [-0.25, -0.2) is 0 Å². The van der Waals surface area contributed by atoms with E-state index in [1.54, 1.807) is 0 Å². The Morgan fingerprint density at radius 1 is 0.941 bits per heavy atom. The number of hydrogen-bond donors (Lipinski definition) is 0. The second-order valence-corrected chi connectivity index (χ2v) is 5.36. The first-order valence-corrected chi connectivity index (χ1v) is 7.51. The smallest absolute Gasteiger partial charge is 0.126 e. The summed E-state index contributed by atoms with van der Waals surface area (Å²) in [5.41, 5.74) is 0. The first-order valence-electron chi connectivity index (χ1n) is 7.51. The molecule has 0 N–H and O–H groups in total. The summed E-state index contributed by atoms with van der Waals surface area (Å²) in [5.74, 6) is 1.20. The van der Waals surface area contributed by atoms with Crippen LogP contribution >= 0.6 is 0 Å². The molecule has 0 radical (unpaired) electrons. The highest BCUT2D eigenvalue weighted by Crippen LogP contribution is 2.22. The Bertz CT molecular complexity index is 138. The first-order chi connectivity index (χ1) is 8.04. The van der Waals surface area contributed by atoms with Crippen molar-refractivity contribution in [3.63, 3.8) is 0 Å². The molecule has 1 saturated carbocycles. The van der Waals surface area contributed by atoms with Gasteiger partial charge in [-0.05, 0) is 19.8 Å². The molecule has 1 fully saturated rings. The fourth-order valence-corrected chi connectivity index (χ4v) is 1.81. The average Bonchev–Trinajstić information content (AvgIpc) is 2.27. The van der Waals surface area contributed by atoms with E-state index in [1.165, 1.54) is 71.6 Å². The summed E-state index contributed by atoms with van der Waals surface area (Å²) in [6, 6.07) is 0. The number of carbonyl (C=O) groups is 1. The molecule has 1 rings (SSSR count). The lowest BCUT2D eigenvalue weighted by Crippen LogP contribution is -1.99. The van der Waals surface area contributed by atoms with Gasteiger partial charge in [0, 0.05) is 0 Å². The van der Waals surface area contributed by atoms with Gasteiger partial charge >= 0.3 is 0 Å². The van der Waals surface area contributed by atoms with E-state index in [9.17, 15) is 4.79 Å². The zero-order valence-electron chi connectivity index (χ0n) is 12.8. The van der Waals surface area contributed by atoms with Gasteiger partial charge in [-0.3, -0.25) is 0 Å². The van der Waals surface area contributed by atoms with E-state index >= 15 is 0 Å². The summed E-state index contributed by atoms with van der Waals surface area (Å²) < 4.78 is 0. The molecule has 104 valence electrons. The summed E-state index contributed by atoms with van der Waals surface area (Å²) >= 11 is 0. The molecule has 1 aliphatic carbocycles. The molecule has 1 aliphatic rings. The molecular weight excluding hydrogens is 208 g/mol. The zero-order valence-corrected chi connectivity index (χ0v) is 12.8. The van der Waals surface area contributed by atoms with Crippen LogP contribution in [0.1, 0.15) is 92.4 Å². The van der Waals surface area contributed by atoms with E-state index in [4.69, 9.17) is 0 Å². The SMILES string of the molecule is CC(C)=O.CC1CCCCC1.CCCCCC. The zero-order chi connectivity index (χ0) is 13.5. The van der Waals surface area contributed by atoms with Crippen LogP contribution in [0.5, 0.6) is 0 Å². The predicted molar refractivity (Wildman–Crippen MR) is 78.4 cm³/mol. The molecule has 0 bridgehead atoms. The Hall–Kier alpha value is -0.330. The van der Waals surface area contributed by atoms with Gasteiger partial charge in [-0.1, -0.05) is 78.6 Å². The molecule has 1 heteroatoms. The number of carbonyl (C=O) groups excluding carboxylic acids is 1. The van der Waals surface area contributed by atoms with E-state index in [-0.39, 0.29) is 5.78 Å². The third kappa shape index (κ3) is 25.7. The molecule has 0 amide bonds. The molecule has 0 aromatic heterocycles. The predicted octanol–water partition coefficient (Wildman–Crippen LogP) is 5.77. The molecule has 1 nitrogen and oxygen atoms in total. The van der Waals surface area contributed by atoms with Crippen molar-refractivity contribution in [1.29, 1.82) is 0 Å². The molecule has 17 heavy (non-hydrogen) atoms. The lowest BCUT2D eigenvalue weighted by atomic mass is 9.91. The second kappa shape index (κ2) is 15.7. The largest absolute Gasteiger partial charge is 0.300 e. The minimum Gasteiger partial charge on any atom is -0.300 e. The van der Waals surface area contributed by atoms with Crippen LogP contribution in [-0.2, 0) is 4.79 Å². The van der Waals surface area contributed by atoms with Crippen LogP contribution in [0.15, 0.2) is 0 Å². The monoisotopic (exact) mass is 242 g/mol. The van der Waals surface area contributed by atoms with Crippen molar-refractivity contribution >= 4 is 5.78 Å². The summed E-state index contributed by atoms with van der Waals surface area (Å²) in [6.07, 6.45) is 13.0. The summed E-state index contributed by atoms with van der Waals surface area (Å²) in [5, 5.41) is 0. The maximum Gasteiger partial charge on any atom is 0.126 e. The Morgan fingerprint density at radius 3 is 1.47 bits per heavy atom.